The molecule has 1 aromatic rings. The van der Waals surface area contributed by atoms with Gasteiger partial charge in [0.1, 0.15) is 17.2 Å². The van der Waals surface area contributed by atoms with E-state index in [1.807, 2.05) is 0 Å². The van der Waals surface area contributed by atoms with Crippen LogP contribution in [0.15, 0.2) is 12.1 Å². The van der Waals surface area contributed by atoms with E-state index in [4.69, 9.17) is 9.84 Å². The Morgan fingerprint density at radius 3 is 2.38 bits per heavy atom. The van der Waals surface area contributed by atoms with Crippen molar-refractivity contribution in [3.05, 3.63) is 29.1 Å². The predicted molar refractivity (Wildman–Crippen MR) is 58.0 cm³/mol. The first-order valence-corrected chi connectivity index (χ1v) is 4.93. The summed E-state index contributed by atoms with van der Waals surface area (Å²) in [6, 6.07) is 2.22. The summed E-state index contributed by atoms with van der Waals surface area (Å²) in [4.78, 5) is 11.7. The molecule has 0 unspecified atom stereocenters. The molecule has 0 aliphatic heterocycles. The van der Waals surface area contributed by atoms with Crippen molar-refractivity contribution in [3.8, 4) is 5.75 Å². The first-order chi connectivity index (χ1) is 7.20. The largest absolute Gasteiger partial charge is 0.508 e. The second-order valence-corrected chi connectivity index (χ2v) is 4.62. The van der Waals surface area contributed by atoms with E-state index in [-0.39, 0.29) is 11.3 Å². The van der Waals surface area contributed by atoms with Crippen molar-refractivity contribution in [1.29, 1.82) is 0 Å². The van der Waals surface area contributed by atoms with Gasteiger partial charge in [-0.2, -0.15) is 0 Å². The Kier molecular flexibility index (Phi) is 3.21. The third kappa shape index (κ3) is 2.95. The zero-order valence-electron chi connectivity index (χ0n) is 9.80. The Bertz CT molecular complexity index is 396. The quantitative estimate of drug-likeness (QED) is 0.749. The topological polar surface area (TPSA) is 46.5 Å². The molecular formula is C12H15FO3. The molecule has 3 nitrogen and oxygen atoms in total. The number of phenols is 1. The summed E-state index contributed by atoms with van der Waals surface area (Å²) in [5.74, 6) is -1.70. The van der Waals surface area contributed by atoms with Crippen LogP contribution >= 0.6 is 0 Å². The van der Waals surface area contributed by atoms with Gasteiger partial charge in [-0.15, -0.1) is 0 Å². The van der Waals surface area contributed by atoms with Crippen LogP contribution in [0, 0.1) is 12.7 Å². The summed E-state index contributed by atoms with van der Waals surface area (Å²) < 4.78 is 18.5. The third-order valence-corrected chi connectivity index (χ3v) is 1.88. The highest BCUT2D eigenvalue weighted by atomic mass is 19.1. The van der Waals surface area contributed by atoms with Crippen LogP contribution in [0.5, 0.6) is 5.75 Å². The lowest BCUT2D eigenvalue weighted by atomic mass is 10.1. The molecule has 16 heavy (non-hydrogen) atoms. The van der Waals surface area contributed by atoms with Crippen molar-refractivity contribution in [3.63, 3.8) is 0 Å². The van der Waals surface area contributed by atoms with Crippen LogP contribution < -0.4 is 0 Å². The number of hydrogen-bond acceptors (Lipinski definition) is 3. The van der Waals surface area contributed by atoms with Crippen molar-refractivity contribution >= 4 is 5.97 Å². The van der Waals surface area contributed by atoms with Gasteiger partial charge in [-0.25, -0.2) is 9.18 Å². The van der Waals surface area contributed by atoms with E-state index in [0.29, 0.717) is 5.56 Å². The fourth-order valence-electron chi connectivity index (χ4n) is 1.31. The number of phenolic OH excluding ortho intramolecular Hbond substituents is 1. The molecule has 0 spiro atoms. The van der Waals surface area contributed by atoms with Crippen LogP contribution in [-0.2, 0) is 4.74 Å². The maximum absolute atomic E-state index is 13.5. The average molecular weight is 226 g/mol. The molecule has 0 atom stereocenters. The van der Waals surface area contributed by atoms with Gasteiger partial charge in [0, 0.05) is 6.07 Å². The fraction of sp³-hybridized carbons (Fsp3) is 0.417. The number of aromatic hydroxyl groups is 1. The average Bonchev–Trinajstić information content (AvgIpc) is 1.96. The zero-order valence-corrected chi connectivity index (χ0v) is 9.80. The monoisotopic (exact) mass is 226 g/mol. The standard InChI is InChI=1S/C12H15FO3/c1-7-5-8(14)6-9(13)10(7)11(15)16-12(2,3)4/h5-6,14H,1-4H3. The number of benzene rings is 1. The van der Waals surface area contributed by atoms with E-state index in [0.717, 1.165) is 6.07 Å². The normalized spacial score (nSPS) is 11.3. The van der Waals surface area contributed by atoms with Crippen LogP contribution in [0.2, 0.25) is 0 Å². The molecule has 4 heteroatoms. The van der Waals surface area contributed by atoms with E-state index in [1.54, 1.807) is 27.7 Å². The summed E-state index contributed by atoms with van der Waals surface area (Å²) in [5, 5.41) is 9.14. The molecule has 0 aliphatic rings. The van der Waals surface area contributed by atoms with Gasteiger partial charge < -0.3 is 9.84 Å². The second-order valence-electron chi connectivity index (χ2n) is 4.62. The van der Waals surface area contributed by atoms with E-state index < -0.39 is 17.4 Å². The van der Waals surface area contributed by atoms with Crippen LogP contribution in [0.25, 0.3) is 0 Å². The number of carbonyl (C=O) groups excluding carboxylic acids is 1. The van der Waals surface area contributed by atoms with Gasteiger partial charge in [0.05, 0.1) is 5.56 Å². The minimum absolute atomic E-state index is 0.132. The maximum Gasteiger partial charge on any atom is 0.341 e. The first kappa shape index (κ1) is 12.5. The van der Waals surface area contributed by atoms with E-state index in [9.17, 15) is 9.18 Å². The smallest absolute Gasteiger partial charge is 0.341 e. The highest BCUT2D eigenvalue weighted by molar-refractivity contribution is 5.91. The number of halogens is 1. The summed E-state index contributed by atoms with van der Waals surface area (Å²) >= 11 is 0. The summed E-state index contributed by atoms with van der Waals surface area (Å²) in [7, 11) is 0. The molecule has 0 heterocycles. The zero-order chi connectivity index (χ0) is 12.5. The molecule has 0 aromatic heterocycles. The maximum atomic E-state index is 13.5. The number of hydrogen-bond donors (Lipinski definition) is 1. The molecule has 0 aliphatic carbocycles. The number of esters is 1. The first-order valence-electron chi connectivity index (χ1n) is 4.93. The van der Waals surface area contributed by atoms with Crippen molar-refractivity contribution in [2.24, 2.45) is 0 Å². The summed E-state index contributed by atoms with van der Waals surface area (Å²) in [6.07, 6.45) is 0. The van der Waals surface area contributed by atoms with Crippen molar-refractivity contribution in [1.82, 2.24) is 0 Å². The van der Waals surface area contributed by atoms with Gasteiger partial charge in [-0.1, -0.05) is 0 Å². The lowest BCUT2D eigenvalue weighted by molar-refractivity contribution is 0.00639. The lowest BCUT2D eigenvalue weighted by Crippen LogP contribution is -2.25. The van der Waals surface area contributed by atoms with Crippen molar-refractivity contribution in [2.45, 2.75) is 33.3 Å². The van der Waals surface area contributed by atoms with E-state index >= 15 is 0 Å². The van der Waals surface area contributed by atoms with Crippen LogP contribution in [0.1, 0.15) is 36.7 Å². The second kappa shape index (κ2) is 4.12. The molecule has 1 N–H and O–H groups in total. The van der Waals surface area contributed by atoms with E-state index in [2.05, 4.69) is 0 Å². The highest BCUT2D eigenvalue weighted by Gasteiger charge is 2.22. The van der Waals surface area contributed by atoms with Gasteiger partial charge in [-0.3, -0.25) is 0 Å². The van der Waals surface area contributed by atoms with Crippen molar-refractivity contribution in [2.75, 3.05) is 0 Å². The highest BCUT2D eigenvalue weighted by Crippen LogP contribution is 2.22. The molecule has 0 fully saturated rings. The Hall–Kier alpha value is -1.58. The van der Waals surface area contributed by atoms with Gasteiger partial charge in [0.2, 0.25) is 0 Å². The van der Waals surface area contributed by atoms with E-state index in [1.165, 1.54) is 6.07 Å². The minimum atomic E-state index is -0.772. The molecular weight excluding hydrogens is 211 g/mol. The molecule has 1 aromatic carbocycles. The molecule has 88 valence electrons. The lowest BCUT2D eigenvalue weighted by Gasteiger charge is -2.20. The number of ether oxygens (including phenoxy) is 1. The molecule has 0 saturated heterocycles. The van der Waals surface area contributed by atoms with Gasteiger partial charge in [-0.05, 0) is 39.3 Å². The van der Waals surface area contributed by atoms with Gasteiger partial charge >= 0.3 is 5.97 Å². The summed E-state index contributed by atoms with van der Waals surface area (Å²) in [5.41, 5.74) is -0.451. The Balaban J connectivity index is 3.10. The van der Waals surface area contributed by atoms with Crippen molar-refractivity contribution < 1.29 is 19.0 Å². The van der Waals surface area contributed by atoms with Crippen LogP contribution in [-0.4, -0.2) is 16.7 Å². The van der Waals surface area contributed by atoms with Gasteiger partial charge in [0.15, 0.2) is 0 Å². The molecule has 0 amide bonds. The Morgan fingerprint density at radius 1 is 1.38 bits per heavy atom. The van der Waals surface area contributed by atoms with Crippen LogP contribution in [0.4, 0.5) is 4.39 Å². The van der Waals surface area contributed by atoms with Gasteiger partial charge in [0.25, 0.3) is 0 Å². The number of carbonyl (C=O) groups is 1. The molecule has 0 radical (unpaired) electrons. The SMILES string of the molecule is Cc1cc(O)cc(F)c1C(=O)OC(C)(C)C. The third-order valence-electron chi connectivity index (χ3n) is 1.88. The summed E-state index contributed by atoms with van der Waals surface area (Å²) in [6.45, 7) is 6.66. The molecule has 0 saturated carbocycles. The van der Waals surface area contributed by atoms with Crippen LogP contribution in [0.3, 0.4) is 0 Å². The fourth-order valence-corrected chi connectivity index (χ4v) is 1.31. The number of aryl methyl sites for hydroxylation is 1. The predicted octanol–water partition coefficient (Wildman–Crippen LogP) is 2.80. The number of rotatable bonds is 1. The molecule has 0 bridgehead atoms. The Labute approximate surface area is 93.9 Å². The minimum Gasteiger partial charge on any atom is -0.508 e. The molecule has 1 rings (SSSR count). The Morgan fingerprint density at radius 2 is 1.94 bits per heavy atom.